The molecular formula is C12H10ClNO3. The van der Waals surface area contributed by atoms with Crippen LogP contribution in [0.3, 0.4) is 0 Å². The van der Waals surface area contributed by atoms with Crippen molar-refractivity contribution in [3.63, 3.8) is 0 Å². The van der Waals surface area contributed by atoms with Crippen LogP contribution in [0.4, 0.5) is 5.69 Å². The molecule has 5 heteroatoms. The number of rotatable bonds is 2. The van der Waals surface area contributed by atoms with Crippen LogP contribution in [0.1, 0.15) is 0 Å². The fourth-order valence-electron chi connectivity index (χ4n) is 2.64. The van der Waals surface area contributed by atoms with Gasteiger partial charge in [0.05, 0.1) is 22.5 Å². The van der Waals surface area contributed by atoms with Gasteiger partial charge in [-0.2, -0.15) is 0 Å². The van der Waals surface area contributed by atoms with Crippen LogP contribution in [-0.2, 0) is 9.59 Å². The highest BCUT2D eigenvalue weighted by molar-refractivity contribution is 6.34. The SMILES string of the molecule is O=C(O)C1C2CN(c3ccccc3Cl)C(=O)C21. The number of fused-ring (bicyclic) bond motifs is 1. The lowest BCUT2D eigenvalue weighted by molar-refractivity contribution is -0.140. The van der Waals surface area contributed by atoms with E-state index in [-0.39, 0.29) is 17.7 Å². The van der Waals surface area contributed by atoms with Crippen molar-refractivity contribution in [1.82, 2.24) is 0 Å². The van der Waals surface area contributed by atoms with Gasteiger partial charge in [0, 0.05) is 12.5 Å². The first kappa shape index (κ1) is 10.6. The highest BCUT2D eigenvalue weighted by Crippen LogP contribution is 2.54. The maximum Gasteiger partial charge on any atom is 0.307 e. The molecule has 17 heavy (non-hydrogen) atoms. The van der Waals surface area contributed by atoms with Crippen LogP contribution in [0.2, 0.25) is 5.02 Å². The number of carboxylic acid groups (broad SMARTS) is 1. The minimum atomic E-state index is -0.868. The largest absolute Gasteiger partial charge is 0.481 e. The van der Waals surface area contributed by atoms with Gasteiger partial charge in [-0.25, -0.2) is 0 Å². The van der Waals surface area contributed by atoms with Gasteiger partial charge in [-0.05, 0) is 12.1 Å². The lowest BCUT2D eigenvalue weighted by atomic mass is 10.2. The van der Waals surface area contributed by atoms with Crippen LogP contribution >= 0.6 is 11.6 Å². The molecule has 1 saturated carbocycles. The van der Waals surface area contributed by atoms with Gasteiger partial charge in [0.25, 0.3) is 0 Å². The van der Waals surface area contributed by atoms with E-state index in [1.165, 1.54) is 0 Å². The zero-order valence-corrected chi connectivity index (χ0v) is 9.59. The van der Waals surface area contributed by atoms with Gasteiger partial charge in [0.2, 0.25) is 5.91 Å². The van der Waals surface area contributed by atoms with E-state index in [2.05, 4.69) is 0 Å². The minimum Gasteiger partial charge on any atom is -0.481 e. The van der Waals surface area contributed by atoms with Crippen LogP contribution in [0.15, 0.2) is 24.3 Å². The minimum absolute atomic E-state index is 0.0451. The first-order chi connectivity index (χ1) is 8.11. The predicted octanol–water partition coefficient (Wildman–Crippen LogP) is 1.63. The number of carboxylic acids is 1. The van der Waals surface area contributed by atoms with Gasteiger partial charge in [-0.3, -0.25) is 9.59 Å². The van der Waals surface area contributed by atoms with Crippen molar-refractivity contribution in [2.75, 3.05) is 11.4 Å². The topological polar surface area (TPSA) is 57.6 Å². The van der Waals surface area contributed by atoms with Crippen LogP contribution in [0.5, 0.6) is 0 Å². The average molecular weight is 252 g/mol. The quantitative estimate of drug-likeness (QED) is 0.869. The molecule has 2 fully saturated rings. The number of piperidine rings is 1. The van der Waals surface area contributed by atoms with Crippen molar-refractivity contribution in [2.45, 2.75) is 0 Å². The predicted molar refractivity (Wildman–Crippen MR) is 61.9 cm³/mol. The maximum atomic E-state index is 12.0. The Morgan fingerprint density at radius 1 is 1.41 bits per heavy atom. The molecule has 1 amide bonds. The lowest BCUT2D eigenvalue weighted by Gasteiger charge is -2.20. The third kappa shape index (κ3) is 1.44. The molecule has 1 heterocycles. The van der Waals surface area contributed by atoms with Crippen LogP contribution in [0, 0.1) is 17.8 Å². The first-order valence-corrected chi connectivity index (χ1v) is 5.78. The summed E-state index contributed by atoms with van der Waals surface area (Å²) in [7, 11) is 0. The van der Waals surface area contributed by atoms with E-state index in [4.69, 9.17) is 16.7 Å². The maximum absolute atomic E-state index is 12.0. The first-order valence-electron chi connectivity index (χ1n) is 5.40. The van der Waals surface area contributed by atoms with Crippen molar-refractivity contribution >= 4 is 29.2 Å². The van der Waals surface area contributed by atoms with Gasteiger partial charge in [0.15, 0.2) is 0 Å². The number of nitrogens with zero attached hydrogens (tertiary/aromatic N) is 1. The lowest BCUT2D eigenvalue weighted by Crippen LogP contribution is -2.31. The summed E-state index contributed by atoms with van der Waals surface area (Å²) in [5.41, 5.74) is 0.676. The number of benzene rings is 1. The fraction of sp³-hybridized carbons (Fsp3) is 0.333. The number of carbonyl (C=O) groups is 2. The smallest absolute Gasteiger partial charge is 0.307 e. The summed E-state index contributed by atoms with van der Waals surface area (Å²) in [5.74, 6) is -1.86. The molecule has 3 atom stereocenters. The van der Waals surface area contributed by atoms with Crippen LogP contribution < -0.4 is 4.90 Å². The standard InChI is InChI=1S/C12H10ClNO3/c13-7-3-1-2-4-8(7)14-5-6-9(11(14)15)10(6)12(16)17/h1-4,6,9-10H,5H2,(H,16,17). The Morgan fingerprint density at radius 3 is 2.65 bits per heavy atom. The van der Waals surface area contributed by atoms with E-state index in [1.54, 1.807) is 23.1 Å². The summed E-state index contributed by atoms with van der Waals surface area (Å²) in [6.45, 7) is 0.463. The van der Waals surface area contributed by atoms with E-state index in [1.807, 2.05) is 6.07 Å². The van der Waals surface area contributed by atoms with Crippen molar-refractivity contribution in [1.29, 1.82) is 0 Å². The number of amides is 1. The highest BCUT2D eigenvalue weighted by Gasteiger charge is 2.65. The Morgan fingerprint density at radius 2 is 2.12 bits per heavy atom. The van der Waals surface area contributed by atoms with Gasteiger partial charge >= 0.3 is 5.97 Å². The summed E-state index contributed by atoms with van der Waals surface area (Å²) in [6.07, 6.45) is 0. The Hall–Kier alpha value is -1.55. The van der Waals surface area contributed by atoms with Crippen LogP contribution in [-0.4, -0.2) is 23.5 Å². The molecule has 88 valence electrons. The van der Waals surface area contributed by atoms with E-state index in [9.17, 15) is 9.59 Å². The summed E-state index contributed by atoms with van der Waals surface area (Å²) < 4.78 is 0. The Kier molecular flexibility index (Phi) is 2.16. The second-order valence-corrected chi connectivity index (χ2v) is 4.86. The van der Waals surface area contributed by atoms with Crippen molar-refractivity contribution < 1.29 is 14.7 Å². The fourth-order valence-corrected chi connectivity index (χ4v) is 2.88. The number of anilines is 1. The molecule has 0 aromatic heterocycles. The molecule has 1 saturated heterocycles. The molecule has 2 aliphatic rings. The normalized spacial score (nSPS) is 30.3. The molecule has 3 rings (SSSR count). The monoisotopic (exact) mass is 251 g/mol. The molecule has 3 unspecified atom stereocenters. The average Bonchev–Trinajstić information content (AvgIpc) is 2.92. The molecular weight excluding hydrogens is 242 g/mol. The molecule has 1 aromatic carbocycles. The molecule has 1 aliphatic heterocycles. The molecule has 1 N–H and O–H groups in total. The van der Waals surface area contributed by atoms with Crippen LogP contribution in [0.25, 0.3) is 0 Å². The Labute approximate surface area is 103 Å². The van der Waals surface area contributed by atoms with Gasteiger partial charge < -0.3 is 10.0 Å². The zero-order chi connectivity index (χ0) is 12.2. The number of halogens is 1. The van der Waals surface area contributed by atoms with Crippen molar-refractivity contribution in [2.24, 2.45) is 17.8 Å². The molecule has 1 aliphatic carbocycles. The van der Waals surface area contributed by atoms with E-state index in [0.717, 1.165) is 0 Å². The zero-order valence-electron chi connectivity index (χ0n) is 8.84. The molecule has 4 nitrogen and oxygen atoms in total. The third-order valence-electron chi connectivity index (χ3n) is 3.54. The van der Waals surface area contributed by atoms with E-state index in [0.29, 0.717) is 17.3 Å². The number of carbonyl (C=O) groups excluding carboxylic acids is 1. The summed E-state index contributed by atoms with van der Waals surface area (Å²) in [4.78, 5) is 24.4. The number of para-hydroxylation sites is 1. The number of hydrogen-bond donors (Lipinski definition) is 1. The van der Waals surface area contributed by atoms with Crippen molar-refractivity contribution in [3.05, 3.63) is 29.3 Å². The van der Waals surface area contributed by atoms with Gasteiger partial charge in [-0.1, -0.05) is 23.7 Å². The molecule has 0 spiro atoms. The third-order valence-corrected chi connectivity index (χ3v) is 3.86. The summed E-state index contributed by atoms with van der Waals surface area (Å²) in [5, 5.41) is 9.41. The molecule has 0 radical (unpaired) electrons. The van der Waals surface area contributed by atoms with E-state index >= 15 is 0 Å². The second kappa shape index (κ2) is 3.47. The summed E-state index contributed by atoms with van der Waals surface area (Å²) >= 11 is 6.02. The van der Waals surface area contributed by atoms with Gasteiger partial charge in [0.1, 0.15) is 0 Å². The number of hydrogen-bond acceptors (Lipinski definition) is 2. The Balaban J connectivity index is 1.85. The second-order valence-electron chi connectivity index (χ2n) is 4.45. The van der Waals surface area contributed by atoms with Gasteiger partial charge in [-0.15, -0.1) is 0 Å². The summed E-state index contributed by atoms with van der Waals surface area (Å²) in [6, 6.07) is 7.11. The van der Waals surface area contributed by atoms with E-state index < -0.39 is 11.9 Å². The molecule has 0 bridgehead atoms. The van der Waals surface area contributed by atoms with Crippen molar-refractivity contribution in [3.8, 4) is 0 Å². The highest BCUT2D eigenvalue weighted by atomic mass is 35.5. The number of aliphatic carboxylic acids is 1. The Bertz CT molecular complexity index is 516. The molecule has 1 aromatic rings.